The van der Waals surface area contributed by atoms with Crippen LogP contribution in [0.4, 0.5) is 11.9 Å². The summed E-state index contributed by atoms with van der Waals surface area (Å²) < 4.78 is 0. The van der Waals surface area contributed by atoms with Crippen molar-refractivity contribution in [2.45, 2.75) is 6.04 Å². The van der Waals surface area contributed by atoms with Gasteiger partial charge in [-0.3, -0.25) is 0 Å². The summed E-state index contributed by atoms with van der Waals surface area (Å²) in [5.74, 6) is 0.923. The molecule has 28 heavy (non-hydrogen) atoms. The molecule has 0 saturated carbocycles. The average Bonchev–Trinajstić information content (AvgIpc) is 2.79. The average molecular weight is 366 g/mol. The molecule has 4 rings (SSSR count). The van der Waals surface area contributed by atoms with E-state index in [4.69, 9.17) is 4.99 Å². The number of aliphatic imine (C=N–C) groups is 1. The van der Waals surface area contributed by atoms with Crippen LogP contribution in [0.1, 0.15) is 17.2 Å². The molecular formula is C22H18N6. The largest absolute Gasteiger partial charge is 0.342 e. The van der Waals surface area contributed by atoms with Gasteiger partial charge in [-0.05, 0) is 23.3 Å². The van der Waals surface area contributed by atoms with E-state index >= 15 is 0 Å². The van der Waals surface area contributed by atoms with Crippen molar-refractivity contribution in [3.63, 3.8) is 0 Å². The quantitative estimate of drug-likeness (QED) is 0.517. The van der Waals surface area contributed by atoms with E-state index in [0.717, 1.165) is 16.8 Å². The van der Waals surface area contributed by atoms with Crippen molar-refractivity contribution in [2.24, 2.45) is 4.99 Å². The minimum absolute atomic E-state index is 0.283. The summed E-state index contributed by atoms with van der Waals surface area (Å²) >= 11 is 0. The fourth-order valence-electron chi connectivity index (χ4n) is 2.82. The predicted octanol–water partition coefficient (Wildman–Crippen LogP) is 4.24. The summed E-state index contributed by atoms with van der Waals surface area (Å²) in [7, 11) is 0. The van der Waals surface area contributed by atoms with Gasteiger partial charge in [0.2, 0.25) is 11.9 Å². The minimum atomic E-state index is -0.283. The zero-order valence-electron chi connectivity index (χ0n) is 15.1. The Hall–Kier alpha value is -3.93. The Morgan fingerprint density at radius 1 is 0.679 bits per heavy atom. The van der Waals surface area contributed by atoms with Crippen LogP contribution in [0.2, 0.25) is 0 Å². The molecule has 1 N–H and O–H groups in total. The minimum Gasteiger partial charge on any atom is -0.342 e. The van der Waals surface area contributed by atoms with Crippen LogP contribution in [0.5, 0.6) is 0 Å². The molecule has 1 atom stereocenters. The molecule has 2 aromatic carbocycles. The van der Waals surface area contributed by atoms with Crippen molar-refractivity contribution in [1.82, 2.24) is 19.9 Å². The molecule has 4 aromatic rings. The maximum absolute atomic E-state index is 4.78. The molecule has 0 amide bonds. The molecule has 0 aliphatic carbocycles. The van der Waals surface area contributed by atoms with Gasteiger partial charge in [-0.2, -0.15) is 0 Å². The normalized spacial score (nSPS) is 12.4. The highest BCUT2D eigenvalue weighted by atomic mass is 15.1. The molecule has 0 radical (unpaired) electrons. The van der Waals surface area contributed by atoms with Gasteiger partial charge in [0.15, 0.2) is 0 Å². The number of hydrogen-bond donors (Lipinski definition) is 1. The first-order chi connectivity index (χ1) is 13.9. The number of nitrogens with one attached hydrogen (secondary N) is 1. The van der Waals surface area contributed by atoms with Crippen LogP contribution < -0.4 is 5.32 Å². The molecule has 0 fully saturated rings. The maximum Gasteiger partial charge on any atom is 0.249 e. The van der Waals surface area contributed by atoms with Crippen molar-refractivity contribution < 1.29 is 0 Å². The van der Waals surface area contributed by atoms with Crippen LogP contribution >= 0.6 is 0 Å². The lowest BCUT2D eigenvalue weighted by molar-refractivity contribution is 0.975. The monoisotopic (exact) mass is 366 g/mol. The van der Waals surface area contributed by atoms with Crippen LogP contribution in [-0.4, -0.2) is 25.6 Å². The Labute approximate surface area is 163 Å². The van der Waals surface area contributed by atoms with Gasteiger partial charge >= 0.3 is 0 Å². The van der Waals surface area contributed by atoms with Crippen molar-refractivity contribution in [2.75, 3.05) is 5.32 Å². The third-order valence-corrected chi connectivity index (χ3v) is 4.09. The summed E-state index contributed by atoms with van der Waals surface area (Å²) in [5, 5.41) is 3.41. The van der Waals surface area contributed by atoms with Crippen molar-refractivity contribution in [3.8, 4) is 0 Å². The van der Waals surface area contributed by atoms with Gasteiger partial charge in [-0.15, -0.1) is 0 Å². The molecular weight excluding hydrogens is 348 g/mol. The van der Waals surface area contributed by atoms with E-state index < -0.39 is 0 Å². The Morgan fingerprint density at radius 3 is 1.89 bits per heavy atom. The van der Waals surface area contributed by atoms with Gasteiger partial charge in [0.05, 0.1) is 11.8 Å². The van der Waals surface area contributed by atoms with Crippen LogP contribution in [0, 0.1) is 0 Å². The lowest BCUT2D eigenvalue weighted by Gasteiger charge is -2.21. The Kier molecular flexibility index (Phi) is 5.39. The number of aromatic nitrogens is 4. The fraction of sp³-hybridized carbons (Fsp3) is 0.0455. The Morgan fingerprint density at radius 2 is 1.25 bits per heavy atom. The third-order valence-electron chi connectivity index (χ3n) is 4.09. The number of nitrogens with zero attached hydrogens (tertiary/aromatic N) is 5. The van der Waals surface area contributed by atoms with E-state index in [2.05, 4.69) is 25.3 Å². The van der Waals surface area contributed by atoms with E-state index in [1.807, 2.05) is 60.7 Å². The first kappa shape index (κ1) is 17.5. The molecule has 0 aliphatic heterocycles. The van der Waals surface area contributed by atoms with E-state index in [9.17, 15) is 0 Å². The summed E-state index contributed by atoms with van der Waals surface area (Å²) in [6.07, 6.45) is 6.77. The highest BCUT2D eigenvalue weighted by Gasteiger charge is 2.21. The van der Waals surface area contributed by atoms with Gasteiger partial charge < -0.3 is 5.32 Å². The van der Waals surface area contributed by atoms with E-state index in [0.29, 0.717) is 11.9 Å². The van der Waals surface area contributed by atoms with E-state index in [-0.39, 0.29) is 6.04 Å². The summed E-state index contributed by atoms with van der Waals surface area (Å²) in [6.45, 7) is 0. The van der Waals surface area contributed by atoms with Gasteiger partial charge in [0, 0.05) is 24.8 Å². The van der Waals surface area contributed by atoms with Crippen molar-refractivity contribution >= 4 is 17.6 Å². The van der Waals surface area contributed by atoms with Crippen LogP contribution in [0.15, 0.2) is 103 Å². The molecule has 0 spiro atoms. The standard InChI is InChI=1S/C22H18N6/c1-3-9-17(10-4-1)19(27-21-23-13-7-14-24-21)20(18-11-5-2-6-12-18)28-22-25-15-8-16-26-22/h1-16,19H,(H,23,24,27). The summed E-state index contributed by atoms with van der Waals surface area (Å²) in [6, 6.07) is 23.3. The maximum atomic E-state index is 4.78. The number of hydrogen-bond acceptors (Lipinski definition) is 6. The van der Waals surface area contributed by atoms with E-state index in [1.165, 1.54) is 0 Å². The number of benzene rings is 2. The van der Waals surface area contributed by atoms with Gasteiger partial charge in [0.25, 0.3) is 0 Å². The summed E-state index contributed by atoms with van der Waals surface area (Å²) in [5.41, 5.74) is 2.78. The Balaban J connectivity index is 1.84. The molecule has 0 saturated heterocycles. The van der Waals surface area contributed by atoms with Gasteiger partial charge in [0.1, 0.15) is 0 Å². The topological polar surface area (TPSA) is 76.0 Å². The number of rotatable bonds is 6. The first-order valence-corrected chi connectivity index (χ1v) is 8.90. The van der Waals surface area contributed by atoms with Crippen molar-refractivity contribution in [1.29, 1.82) is 0 Å². The predicted molar refractivity (Wildman–Crippen MR) is 110 cm³/mol. The molecule has 6 nitrogen and oxygen atoms in total. The fourth-order valence-corrected chi connectivity index (χ4v) is 2.82. The molecule has 2 heterocycles. The second kappa shape index (κ2) is 8.64. The zero-order chi connectivity index (χ0) is 19.0. The molecule has 0 aliphatic rings. The molecule has 6 heteroatoms. The molecule has 2 aromatic heterocycles. The second-order valence-corrected chi connectivity index (χ2v) is 5.97. The highest BCUT2D eigenvalue weighted by molar-refractivity contribution is 6.07. The smallest absolute Gasteiger partial charge is 0.249 e. The van der Waals surface area contributed by atoms with Crippen LogP contribution in [0.25, 0.3) is 0 Å². The molecule has 136 valence electrons. The molecule has 1 unspecified atom stereocenters. The van der Waals surface area contributed by atoms with Crippen LogP contribution in [-0.2, 0) is 0 Å². The summed E-state index contributed by atoms with van der Waals surface area (Å²) in [4.78, 5) is 22.0. The highest BCUT2D eigenvalue weighted by Crippen LogP contribution is 2.24. The van der Waals surface area contributed by atoms with Gasteiger partial charge in [-0.1, -0.05) is 60.7 Å². The number of anilines is 1. The van der Waals surface area contributed by atoms with Gasteiger partial charge in [-0.25, -0.2) is 24.9 Å². The van der Waals surface area contributed by atoms with Crippen molar-refractivity contribution in [3.05, 3.63) is 109 Å². The Bertz CT molecular complexity index is 1020. The SMILES string of the molecule is c1ccc(C(=Nc2ncccn2)C(Nc2ncccn2)c2ccccc2)cc1. The van der Waals surface area contributed by atoms with Crippen LogP contribution in [0.3, 0.4) is 0 Å². The first-order valence-electron chi connectivity index (χ1n) is 8.90. The van der Waals surface area contributed by atoms with E-state index in [1.54, 1.807) is 36.9 Å². The lowest BCUT2D eigenvalue weighted by atomic mass is 9.96. The molecule has 0 bridgehead atoms. The second-order valence-electron chi connectivity index (χ2n) is 5.97. The third kappa shape index (κ3) is 4.24. The lowest BCUT2D eigenvalue weighted by Crippen LogP contribution is -2.23. The zero-order valence-corrected chi connectivity index (χ0v) is 15.1.